The Morgan fingerprint density at radius 2 is 0.562 bits per heavy atom. The second-order valence-corrected chi connectivity index (χ2v) is 46.7. The van der Waals surface area contributed by atoms with Gasteiger partial charge in [-0.15, -0.1) is 0 Å². The van der Waals surface area contributed by atoms with Gasteiger partial charge in [0.2, 0.25) is 0 Å². The number of benzene rings is 10. The molecule has 0 aromatic heterocycles. The molecule has 10 rings (SSSR count). The summed E-state index contributed by atoms with van der Waals surface area (Å²) in [4.78, 5) is 88.1. The number of alkyl halides is 13. The van der Waals surface area contributed by atoms with Gasteiger partial charge in [-0.3, -0.25) is 22.8 Å². The van der Waals surface area contributed by atoms with Crippen LogP contribution in [0.25, 0.3) is 0 Å². The number of hydrogen-bond donors (Lipinski definition) is 10. The Hall–Kier alpha value is -2.55. The molecule has 0 saturated carbocycles. The van der Waals surface area contributed by atoms with Gasteiger partial charge in [-0.25, -0.2) is 17.6 Å². The number of thioether (sulfide) groups is 5. The Balaban J connectivity index is 0.000000248. The molecule has 128 heavy (non-hydrogen) atoms. The third-order valence-electron chi connectivity index (χ3n) is 16.8. The van der Waals surface area contributed by atoms with E-state index in [2.05, 4.69) is 118 Å². The van der Waals surface area contributed by atoms with Crippen molar-refractivity contribution in [2.75, 3.05) is 0 Å². The first-order valence-electron chi connectivity index (χ1n) is 34.8. The van der Waals surface area contributed by atoms with Crippen LogP contribution >= 0.6 is 231 Å². The summed E-state index contributed by atoms with van der Waals surface area (Å²) >= 11 is 40.4. The smallest absolute Gasteiger partial charge is 0.320 e. The predicted molar refractivity (Wildman–Crippen MR) is 493 cm³/mol. The average molecular weight is 2500 g/mol. The molecule has 0 bridgehead atoms. The van der Waals surface area contributed by atoms with Crippen LogP contribution in [-0.4, -0.2) is 48.9 Å². The van der Waals surface area contributed by atoms with Crippen LogP contribution in [0.4, 0.5) is 74.6 Å². The summed E-state index contributed by atoms with van der Waals surface area (Å²) in [5, 5.41) is 1.32. The first-order chi connectivity index (χ1) is 58.8. The fraction of sp³-hybridized carbons (Fsp3) is 0.221. The molecule has 0 amide bonds. The van der Waals surface area contributed by atoms with E-state index in [0.717, 1.165) is 95.8 Å². The molecule has 0 radical (unpaired) electrons. The van der Waals surface area contributed by atoms with Gasteiger partial charge < -0.3 is 48.9 Å². The minimum absolute atomic E-state index is 0.00974. The largest absolute Gasteiger partial charge is 0.422 e. The molecule has 0 aliphatic rings. The van der Waals surface area contributed by atoms with E-state index >= 15 is 0 Å². The van der Waals surface area contributed by atoms with Crippen molar-refractivity contribution in [3.63, 3.8) is 0 Å². The van der Waals surface area contributed by atoms with E-state index in [0.29, 0.717) is 62.4 Å². The van der Waals surface area contributed by atoms with Gasteiger partial charge in [0.15, 0.2) is 23.3 Å². The van der Waals surface area contributed by atoms with Crippen LogP contribution in [0, 0.1) is 30.2 Å². The van der Waals surface area contributed by atoms with Crippen molar-refractivity contribution < 1.29 is 146 Å². The maximum Gasteiger partial charge on any atom is 0.422 e. The molecular weight excluding hydrogens is 2430 g/mol. The van der Waals surface area contributed by atoms with Gasteiger partial charge in [0.1, 0.15) is 5.56 Å². The zero-order valence-electron chi connectivity index (χ0n) is 64.0. The van der Waals surface area contributed by atoms with Crippen molar-refractivity contribution in [1.82, 2.24) is 0 Å². The number of aryl methyl sites for hydroxylation is 1. The van der Waals surface area contributed by atoms with E-state index in [-0.39, 0.29) is 29.2 Å². The van der Waals surface area contributed by atoms with Gasteiger partial charge in [0, 0.05) is 132 Å². The fourth-order valence-corrected chi connectivity index (χ4v) is 23.8. The molecule has 10 aromatic rings. The molecule has 0 aliphatic heterocycles. The second kappa shape index (κ2) is 48.2. The van der Waals surface area contributed by atoms with Gasteiger partial charge in [0.05, 0.1) is 0 Å². The lowest BCUT2D eigenvalue weighted by atomic mass is 10.1. The maximum atomic E-state index is 13.9. The van der Waals surface area contributed by atoms with Gasteiger partial charge in [-0.05, 0) is 124 Å². The van der Waals surface area contributed by atoms with Crippen LogP contribution in [0.5, 0.6) is 0 Å². The van der Waals surface area contributed by atoms with Crippen LogP contribution in [0.1, 0.15) is 94.6 Å². The summed E-state index contributed by atoms with van der Waals surface area (Å²) < 4.78 is 287. The third kappa shape index (κ3) is 32.0. The molecule has 10 N–H and O–H groups in total. The lowest BCUT2D eigenvalue weighted by Crippen LogP contribution is -2.17. The Morgan fingerprint density at radius 3 is 0.836 bits per heavy atom. The highest BCUT2D eigenvalue weighted by molar-refractivity contribution is 9.11. The minimum atomic E-state index is -5.83. The molecule has 0 unspecified atom stereocenters. The molecule has 0 saturated heterocycles. The highest BCUT2D eigenvalue weighted by Gasteiger charge is 2.55. The van der Waals surface area contributed by atoms with E-state index in [1.807, 2.05) is 79.7 Å². The summed E-state index contributed by atoms with van der Waals surface area (Å²) in [6.45, 7) is 2.02. The molecule has 15 nitrogen and oxygen atoms in total. The van der Waals surface area contributed by atoms with Crippen molar-refractivity contribution in [1.29, 1.82) is 0 Å². The normalized spacial score (nSPS) is 12.6. The molecule has 10 aromatic carbocycles. The third-order valence-corrected chi connectivity index (χ3v) is 31.7. The maximum absolute atomic E-state index is 13.9. The molecule has 698 valence electrons. The first kappa shape index (κ1) is 114. The van der Waals surface area contributed by atoms with Gasteiger partial charge in [-0.1, -0.05) is 256 Å². The summed E-state index contributed by atoms with van der Waals surface area (Å²) in [5.74, 6) is -5.43. The molecule has 0 heterocycles. The van der Waals surface area contributed by atoms with Crippen LogP contribution < -0.4 is 0 Å². The standard InChI is InChI=1S/C16H9BrF9O3PS.C16H16BrF2O3PS.C15H12Br3F2O3PS.2C15H13BrClF2O3PS/c17-9-3-6(1-2-8(9)16(25,26)30(27,28)29)4-31-5-7-11(18)13(20)10(15(22,23)24)14(21)12(7)19;1-11-3-2-4-12(7-11)9-24-10-13-5-6-14(15(17)8-13)16(18,19)23(20,21)22;16-11-3-10(4-12(17)6-11)8-25-7-9-1-2-13(14(18)5-9)15(19,20)24(21,22)23;16-14-7-11(4-5-13(14)15(18,19)23(20,21)22)9-24-8-10-2-1-3-12(17)6-10;16-13-7-10(5-6-12(13)15(18,19)23(20,21)22)8-24-9-11-3-1-2-4-14(11)17/h1-3H,4-5H2,(H2,27,28,29);2-8H,9-10H2,1H3,(H2,20,21,22);1-6H,7-8H2,(H2,21,22,23);2*1-7H,8-9H2,(H2,20,21,22). The summed E-state index contributed by atoms with van der Waals surface area (Å²) in [5.41, 5.74) is -20.5. The van der Waals surface area contributed by atoms with E-state index in [4.69, 9.17) is 72.1 Å². The Labute approximate surface area is 810 Å². The van der Waals surface area contributed by atoms with Crippen molar-refractivity contribution >= 4 is 231 Å². The van der Waals surface area contributed by atoms with Crippen molar-refractivity contribution in [2.45, 2.75) is 98.9 Å². The molecule has 0 spiro atoms. The molecular formula is C77H63Br7Cl2F17O15P5S5. The zero-order chi connectivity index (χ0) is 96.6. The number of hydrogen-bond acceptors (Lipinski definition) is 10. The lowest BCUT2D eigenvalue weighted by molar-refractivity contribution is -0.143. The molecule has 0 atom stereocenters. The SMILES string of the molecule is Cc1cccc(CSCc2ccc(C(F)(F)P(=O)(O)O)c(Br)c2)c1.O=P(O)(O)C(F)(F)c1ccc(CSCc2c(F)c(F)c(C(F)(F)F)c(F)c2F)cc1Br.O=P(O)(O)C(F)(F)c1ccc(CSCc2cc(Br)cc(Br)c2)cc1Br.O=P(O)(O)C(F)(F)c1ccc(CSCc2cccc(Cl)c2)cc1Br.O=P(O)(O)C(F)(F)c1ccc(CSCc2ccccc2Cl)cc1Br. The van der Waals surface area contributed by atoms with Crippen molar-refractivity contribution in [3.8, 4) is 0 Å². The quantitative estimate of drug-likeness (QED) is 0.0114. The van der Waals surface area contributed by atoms with E-state index in [9.17, 15) is 97.5 Å². The second-order valence-electron chi connectivity index (χ2n) is 26.6. The number of halogens is 26. The summed E-state index contributed by atoms with van der Waals surface area (Å²) in [6.07, 6.45) is -5.66. The molecule has 0 aliphatic carbocycles. The lowest BCUT2D eigenvalue weighted by Gasteiger charge is -2.19. The molecule has 0 fully saturated rings. The Kier molecular flexibility index (Phi) is 43.0. The van der Waals surface area contributed by atoms with Gasteiger partial charge >= 0.3 is 72.5 Å². The van der Waals surface area contributed by atoms with Gasteiger partial charge in [0.25, 0.3) is 0 Å². The first-order valence-corrected chi connectivity index (χ1v) is 54.9. The van der Waals surface area contributed by atoms with Crippen molar-refractivity contribution in [2.24, 2.45) is 0 Å². The fourth-order valence-electron chi connectivity index (χ4n) is 10.4. The Bertz CT molecular complexity index is 5680. The van der Waals surface area contributed by atoms with Gasteiger partial charge in [-0.2, -0.15) is 116 Å². The van der Waals surface area contributed by atoms with E-state index < -0.39 is 145 Å². The molecule has 51 heteroatoms. The predicted octanol–water partition coefficient (Wildman–Crippen LogP) is 30.3. The monoisotopic (exact) mass is 2490 g/mol. The summed E-state index contributed by atoms with van der Waals surface area (Å²) in [7, 11) is -28.1. The van der Waals surface area contributed by atoms with Crippen LogP contribution in [0.2, 0.25) is 10.0 Å². The highest BCUT2D eigenvalue weighted by atomic mass is 79.9. The average Bonchev–Trinajstić information content (AvgIpc) is 0.755. The zero-order valence-corrected chi connectivity index (χ0v) is 85.2. The van der Waals surface area contributed by atoms with E-state index in [1.165, 1.54) is 59.7 Å². The highest BCUT2D eigenvalue weighted by Crippen LogP contribution is 2.65. The number of rotatable bonds is 30. The van der Waals surface area contributed by atoms with Crippen LogP contribution in [-0.2, 0) is 115 Å². The van der Waals surface area contributed by atoms with E-state index in [1.54, 1.807) is 59.2 Å². The van der Waals surface area contributed by atoms with Crippen LogP contribution in [0.15, 0.2) is 213 Å². The summed E-state index contributed by atoms with van der Waals surface area (Å²) in [6, 6.07) is 47.5. The van der Waals surface area contributed by atoms with Crippen LogP contribution in [0.3, 0.4) is 0 Å². The topological polar surface area (TPSA) is 288 Å². The Morgan fingerprint density at radius 1 is 0.297 bits per heavy atom. The minimum Gasteiger partial charge on any atom is -0.320 e. The van der Waals surface area contributed by atoms with Crippen molar-refractivity contribution in [3.05, 3.63) is 341 Å².